The molecule has 0 aliphatic heterocycles. The largest absolute Gasteiger partial charge is 0.339 e. The summed E-state index contributed by atoms with van der Waals surface area (Å²) in [6.45, 7) is 5.86. The molecule has 0 saturated carbocycles. The number of rotatable bonds is 6. The molecule has 0 radical (unpaired) electrons. The minimum absolute atomic E-state index is 0.105. The maximum Gasteiger partial charge on any atom is 0.264 e. The van der Waals surface area contributed by atoms with Gasteiger partial charge in [0.25, 0.3) is 9.05 Å². The Morgan fingerprint density at radius 3 is 2.38 bits per heavy atom. The second kappa shape index (κ2) is 6.15. The van der Waals surface area contributed by atoms with E-state index in [4.69, 9.17) is 15.2 Å². The molecular weight excluding hydrogens is 316 g/mol. The third-order valence-corrected chi connectivity index (χ3v) is 4.52. The number of aryl methyl sites for hydroxylation is 2. The highest BCUT2D eigenvalue weighted by atomic mass is 35.7. The highest BCUT2D eigenvalue weighted by molar-refractivity contribution is 8.13. The van der Waals surface area contributed by atoms with Crippen molar-refractivity contribution in [2.45, 2.75) is 51.5 Å². The number of aromatic nitrogens is 4. The van der Waals surface area contributed by atoms with Crippen LogP contribution in [-0.2, 0) is 34.9 Å². The molecule has 2 aromatic rings. The minimum atomic E-state index is -3.83. The smallest absolute Gasteiger partial charge is 0.264 e. The summed E-state index contributed by atoms with van der Waals surface area (Å²) in [6, 6.07) is 0. The lowest BCUT2D eigenvalue weighted by molar-refractivity contribution is 0.374. The predicted molar refractivity (Wildman–Crippen MR) is 76.8 cm³/mol. The Bertz CT molecular complexity index is 736. The van der Waals surface area contributed by atoms with Gasteiger partial charge in [-0.25, -0.2) is 8.42 Å². The summed E-state index contributed by atoms with van der Waals surface area (Å²) in [5, 5.41) is 8.18. The third-order valence-electron chi connectivity index (χ3n) is 3.09. The van der Waals surface area contributed by atoms with Crippen LogP contribution in [0, 0.1) is 0 Å². The molecule has 0 N–H and O–H groups in total. The Morgan fingerprint density at radius 2 is 1.90 bits per heavy atom. The van der Waals surface area contributed by atoms with Crippen molar-refractivity contribution in [2.24, 2.45) is 0 Å². The van der Waals surface area contributed by atoms with Crippen molar-refractivity contribution in [3.63, 3.8) is 0 Å². The van der Waals surface area contributed by atoms with E-state index in [9.17, 15) is 8.42 Å². The topological polar surface area (TPSA) is 90.9 Å². The normalized spacial score (nSPS) is 12.0. The molecule has 116 valence electrons. The zero-order chi connectivity index (χ0) is 15.6. The molecule has 0 aliphatic carbocycles. The van der Waals surface area contributed by atoms with Gasteiger partial charge in [-0.3, -0.25) is 4.68 Å². The molecule has 2 heterocycles. The van der Waals surface area contributed by atoms with Gasteiger partial charge in [-0.1, -0.05) is 25.9 Å². The van der Waals surface area contributed by atoms with E-state index in [1.807, 2.05) is 20.8 Å². The first-order chi connectivity index (χ1) is 9.90. The molecule has 0 spiro atoms. The fourth-order valence-corrected chi connectivity index (χ4v) is 3.69. The lowest BCUT2D eigenvalue weighted by Crippen LogP contribution is -2.08. The predicted octanol–water partition coefficient (Wildman–Crippen LogP) is 1.93. The summed E-state index contributed by atoms with van der Waals surface area (Å²) in [6.07, 6.45) is 1.62. The van der Waals surface area contributed by atoms with Crippen molar-refractivity contribution in [3.8, 4) is 0 Å². The quantitative estimate of drug-likeness (QED) is 0.751. The van der Waals surface area contributed by atoms with Crippen LogP contribution in [0.15, 0.2) is 9.42 Å². The summed E-state index contributed by atoms with van der Waals surface area (Å²) in [5.74, 6) is 1.00. The summed E-state index contributed by atoms with van der Waals surface area (Å²) in [7, 11) is 1.70. The van der Waals surface area contributed by atoms with Crippen molar-refractivity contribution < 1.29 is 12.9 Å². The van der Waals surface area contributed by atoms with E-state index in [0.717, 1.165) is 0 Å². The molecular formula is C12H17ClN4O3S. The van der Waals surface area contributed by atoms with Gasteiger partial charge >= 0.3 is 0 Å². The second-order valence-corrected chi connectivity index (χ2v) is 6.99. The van der Waals surface area contributed by atoms with Crippen molar-refractivity contribution in [3.05, 3.63) is 23.1 Å². The van der Waals surface area contributed by atoms with Crippen molar-refractivity contribution in [1.29, 1.82) is 0 Å². The molecule has 0 bridgehead atoms. The summed E-state index contributed by atoms with van der Waals surface area (Å²) in [5.41, 5.74) is 1.02. The molecule has 0 aliphatic rings. The number of nitrogens with zero attached hydrogens (tertiary/aromatic N) is 4. The van der Waals surface area contributed by atoms with Crippen molar-refractivity contribution in [1.82, 2.24) is 19.9 Å². The zero-order valence-corrected chi connectivity index (χ0v) is 13.7. The summed E-state index contributed by atoms with van der Waals surface area (Å²) in [4.78, 5) is 4.31. The molecule has 0 unspecified atom stereocenters. The van der Waals surface area contributed by atoms with Gasteiger partial charge in [-0.15, -0.1) is 0 Å². The average Bonchev–Trinajstić information content (AvgIpc) is 3.02. The molecule has 0 fully saturated rings. The molecule has 2 aromatic heterocycles. The average molecular weight is 333 g/mol. The van der Waals surface area contributed by atoms with E-state index < -0.39 is 9.05 Å². The highest BCUT2D eigenvalue weighted by Gasteiger charge is 2.25. The fourth-order valence-electron chi connectivity index (χ4n) is 2.15. The van der Waals surface area contributed by atoms with Gasteiger partial charge in [-0.2, -0.15) is 10.1 Å². The van der Waals surface area contributed by atoms with Crippen molar-refractivity contribution >= 4 is 19.7 Å². The first kappa shape index (κ1) is 16.0. The molecule has 7 nitrogen and oxygen atoms in total. The van der Waals surface area contributed by atoms with Crippen LogP contribution < -0.4 is 0 Å². The fraction of sp³-hybridized carbons (Fsp3) is 0.583. The van der Waals surface area contributed by atoms with Crippen LogP contribution in [0.4, 0.5) is 0 Å². The van der Waals surface area contributed by atoms with Gasteiger partial charge in [-0.05, 0) is 12.8 Å². The van der Waals surface area contributed by atoms with Gasteiger partial charge in [0.05, 0.1) is 11.4 Å². The van der Waals surface area contributed by atoms with Crippen molar-refractivity contribution in [2.75, 3.05) is 0 Å². The molecule has 2 rings (SSSR count). The minimum Gasteiger partial charge on any atom is -0.339 e. The Balaban J connectivity index is 2.46. The molecule has 0 amide bonds. The van der Waals surface area contributed by atoms with Gasteiger partial charge in [0.2, 0.25) is 5.89 Å². The van der Waals surface area contributed by atoms with Gasteiger partial charge in [0.1, 0.15) is 11.4 Å². The van der Waals surface area contributed by atoms with Gasteiger partial charge < -0.3 is 4.52 Å². The first-order valence-electron chi connectivity index (χ1n) is 6.75. The van der Waals surface area contributed by atoms with E-state index in [0.29, 0.717) is 42.4 Å². The SMILES string of the molecule is CCc1nc(Cn2nc(CC)c(S(=O)(=O)Cl)c2CC)no1. The third kappa shape index (κ3) is 3.26. The van der Waals surface area contributed by atoms with Crippen LogP contribution in [0.2, 0.25) is 0 Å². The van der Waals surface area contributed by atoms with E-state index in [2.05, 4.69) is 15.2 Å². The monoisotopic (exact) mass is 332 g/mol. The molecule has 0 aromatic carbocycles. The summed E-state index contributed by atoms with van der Waals surface area (Å²) >= 11 is 0. The van der Waals surface area contributed by atoms with Crippen LogP contribution in [0.3, 0.4) is 0 Å². The Kier molecular flexibility index (Phi) is 4.67. The van der Waals surface area contributed by atoms with E-state index in [-0.39, 0.29) is 11.4 Å². The lowest BCUT2D eigenvalue weighted by atomic mass is 10.2. The van der Waals surface area contributed by atoms with E-state index >= 15 is 0 Å². The molecule has 0 saturated heterocycles. The number of hydrogen-bond acceptors (Lipinski definition) is 6. The molecule has 21 heavy (non-hydrogen) atoms. The molecule has 0 atom stereocenters. The Hall–Kier alpha value is -1.41. The van der Waals surface area contributed by atoms with E-state index in [1.165, 1.54) is 0 Å². The first-order valence-corrected chi connectivity index (χ1v) is 9.06. The van der Waals surface area contributed by atoms with E-state index in [1.54, 1.807) is 4.68 Å². The maximum atomic E-state index is 11.8. The molecule has 9 heteroatoms. The number of halogens is 1. The van der Waals surface area contributed by atoms with Crippen LogP contribution in [0.5, 0.6) is 0 Å². The van der Waals surface area contributed by atoms with Gasteiger partial charge in [0, 0.05) is 17.1 Å². The van der Waals surface area contributed by atoms with Gasteiger partial charge in [0.15, 0.2) is 5.82 Å². The highest BCUT2D eigenvalue weighted by Crippen LogP contribution is 2.25. The zero-order valence-electron chi connectivity index (χ0n) is 12.1. The van der Waals surface area contributed by atoms with Crippen LogP contribution in [-0.4, -0.2) is 28.3 Å². The summed E-state index contributed by atoms with van der Waals surface area (Å²) < 4.78 is 30.2. The Morgan fingerprint density at radius 1 is 1.19 bits per heavy atom. The van der Waals surface area contributed by atoms with Crippen LogP contribution >= 0.6 is 10.7 Å². The maximum absolute atomic E-state index is 11.8. The Labute approximate surface area is 127 Å². The second-order valence-electron chi connectivity index (χ2n) is 4.48. The number of hydrogen-bond donors (Lipinski definition) is 0. The van der Waals surface area contributed by atoms with Crippen LogP contribution in [0.1, 0.15) is 43.9 Å². The van der Waals surface area contributed by atoms with Crippen LogP contribution in [0.25, 0.3) is 0 Å². The standard InChI is InChI=1S/C12H17ClN4O3S/c1-4-8-12(21(13,18)19)9(5-2)17(15-8)7-10-14-11(6-3)20-16-10/h4-7H2,1-3H3. The lowest BCUT2D eigenvalue weighted by Gasteiger charge is -2.03.